The van der Waals surface area contributed by atoms with Crippen LogP contribution in [-0.2, 0) is 12.7 Å². The van der Waals surface area contributed by atoms with Crippen molar-refractivity contribution in [3.05, 3.63) is 70.0 Å². The second kappa shape index (κ2) is 6.88. The largest absolute Gasteiger partial charge is 0.416 e. The lowest BCUT2D eigenvalue weighted by Gasteiger charge is -2.10. The van der Waals surface area contributed by atoms with Crippen molar-refractivity contribution >= 4 is 10.9 Å². The summed E-state index contributed by atoms with van der Waals surface area (Å²) in [5.41, 5.74) is 1.35. The zero-order valence-electron chi connectivity index (χ0n) is 15.6. The fourth-order valence-corrected chi connectivity index (χ4v) is 3.18. The molecule has 0 atom stereocenters. The summed E-state index contributed by atoms with van der Waals surface area (Å²) in [4.78, 5) is 17.2. The Kier molecular flexibility index (Phi) is 4.49. The van der Waals surface area contributed by atoms with E-state index in [9.17, 15) is 18.0 Å². The number of fused-ring (bicyclic) bond motifs is 1. The summed E-state index contributed by atoms with van der Waals surface area (Å²) in [6, 6.07) is 10.1. The molecule has 2 heterocycles. The Morgan fingerprint density at radius 2 is 1.83 bits per heavy atom. The lowest BCUT2D eigenvalue weighted by molar-refractivity contribution is -0.137. The highest BCUT2D eigenvalue weighted by Gasteiger charge is 2.30. The van der Waals surface area contributed by atoms with Crippen molar-refractivity contribution in [2.24, 2.45) is 0 Å². The van der Waals surface area contributed by atoms with Gasteiger partial charge in [-0.3, -0.25) is 4.79 Å². The summed E-state index contributed by atoms with van der Waals surface area (Å²) < 4.78 is 45.4. The molecule has 2 aromatic carbocycles. The maximum atomic E-state index is 13.0. The number of hydrogen-bond acceptors (Lipinski definition) is 4. The molecule has 0 aliphatic rings. The minimum Gasteiger partial charge on any atom is -0.347 e. The van der Waals surface area contributed by atoms with Gasteiger partial charge >= 0.3 is 6.18 Å². The first kappa shape index (κ1) is 18.9. The van der Waals surface area contributed by atoms with Crippen LogP contribution in [0.25, 0.3) is 33.7 Å². The Balaban J connectivity index is 1.79. The van der Waals surface area contributed by atoms with E-state index < -0.39 is 11.7 Å². The molecule has 0 N–H and O–H groups in total. The maximum absolute atomic E-state index is 13.0. The lowest BCUT2D eigenvalue weighted by atomic mass is 10.1. The van der Waals surface area contributed by atoms with E-state index in [1.165, 1.54) is 12.1 Å². The predicted octanol–water partition coefficient (Wildman–Crippen LogP) is 5.07. The number of pyridine rings is 1. The molecule has 0 spiro atoms. The van der Waals surface area contributed by atoms with E-state index >= 15 is 0 Å². The summed E-state index contributed by atoms with van der Waals surface area (Å²) in [6.07, 6.45) is -2.76. The molecule has 0 unspecified atom stereocenters. The van der Waals surface area contributed by atoms with Crippen LogP contribution in [0.15, 0.2) is 58.0 Å². The first-order valence-corrected chi connectivity index (χ1v) is 8.93. The Labute approximate surface area is 163 Å². The van der Waals surface area contributed by atoms with E-state index in [0.717, 1.165) is 23.2 Å². The van der Waals surface area contributed by atoms with Crippen molar-refractivity contribution in [1.82, 2.24) is 14.7 Å². The van der Waals surface area contributed by atoms with Crippen LogP contribution < -0.4 is 5.43 Å². The van der Waals surface area contributed by atoms with E-state index in [2.05, 4.69) is 10.1 Å². The van der Waals surface area contributed by atoms with Crippen molar-refractivity contribution < 1.29 is 17.7 Å². The first-order valence-electron chi connectivity index (χ1n) is 8.93. The molecule has 0 aliphatic heterocycles. The topological polar surface area (TPSA) is 60.9 Å². The molecule has 0 saturated carbocycles. The van der Waals surface area contributed by atoms with Gasteiger partial charge in [-0.1, -0.05) is 28.9 Å². The molecular formula is C21H16F3N3O2. The molecular weight excluding hydrogens is 383 g/mol. The van der Waals surface area contributed by atoms with Crippen LogP contribution in [0.2, 0.25) is 0 Å². The van der Waals surface area contributed by atoms with Gasteiger partial charge in [-0.05, 0) is 38.1 Å². The molecule has 0 aliphatic carbocycles. The van der Waals surface area contributed by atoms with Crippen LogP contribution in [0.5, 0.6) is 0 Å². The molecule has 0 amide bonds. The molecule has 148 valence electrons. The van der Waals surface area contributed by atoms with E-state index in [0.29, 0.717) is 17.5 Å². The number of alkyl halides is 3. The second-order valence-electron chi connectivity index (χ2n) is 6.68. The Morgan fingerprint density at radius 3 is 2.48 bits per heavy atom. The third-order valence-corrected chi connectivity index (χ3v) is 4.70. The molecule has 4 aromatic rings. The maximum Gasteiger partial charge on any atom is 0.416 e. The van der Waals surface area contributed by atoms with Gasteiger partial charge in [0.2, 0.25) is 11.3 Å². The monoisotopic (exact) mass is 399 g/mol. The Bertz CT molecular complexity index is 1260. The van der Waals surface area contributed by atoms with Gasteiger partial charge in [0.1, 0.15) is 5.56 Å². The van der Waals surface area contributed by atoms with Crippen LogP contribution >= 0.6 is 0 Å². The van der Waals surface area contributed by atoms with Crippen molar-refractivity contribution in [1.29, 1.82) is 0 Å². The van der Waals surface area contributed by atoms with Crippen LogP contribution in [-0.4, -0.2) is 14.7 Å². The number of aryl methyl sites for hydroxylation is 2. The third-order valence-electron chi connectivity index (χ3n) is 4.70. The molecule has 29 heavy (non-hydrogen) atoms. The summed E-state index contributed by atoms with van der Waals surface area (Å²) in [5.74, 6) is 0.135. The van der Waals surface area contributed by atoms with Crippen LogP contribution in [0.4, 0.5) is 13.2 Å². The fraction of sp³-hybridized carbons (Fsp3) is 0.190. The van der Waals surface area contributed by atoms with Gasteiger partial charge in [0, 0.05) is 23.7 Å². The van der Waals surface area contributed by atoms with Crippen molar-refractivity contribution in [3.8, 4) is 22.8 Å². The molecule has 0 saturated heterocycles. The Morgan fingerprint density at radius 1 is 1.10 bits per heavy atom. The molecule has 0 fully saturated rings. The van der Waals surface area contributed by atoms with Crippen molar-refractivity contribution in [2.45, 2.75) is 26.6 Å². The minimum absolute atomic E-state index is 0.0236. The summed E-state index contributed by atoms with van der Waals surface area (Å²) in [7, 11) is 0. The van der Waals surface area contributed by atoms with Crippen LogP contribution in [0, 0.1) is 6.92 Å². The van der Waals surface area contributed by atoms with Gasteiger partial charge in [-0.25, -0.2) is 0 Å². The molecule has 4 rings (SSSR count). The average Bonchev–Trinajstić information content (AvgIpc) is 3.18. The normalized spacial score (nSPS) is 11.9. The molecule has 2 aromatic heterocycles. The number of nitrogens with zero attached hydrogens (tertiary/aromatic N) is 3. The standard InChI is InChI=1S/C21H16F3N3O2/c1-3-27-11-16(18(28)15-10-12(2)4-9-17(15)27)20-25-19(26-29-20)13-5-7-14(8-6-13)21(22,23)24/h4-11H,3H2,1-2H3. The van der Waals surface area contributed by atoms with E-state index in [4.69, 9.17) is 4.52 Å². The minimum atomic E-state index is -4.42. The van der Waals surface area contributed by atoms with Gasteiger partial charge in [-0.2, -0.15) is 18.2 Å². The van der Waals surface area contributed by atoms with Gasteiger partial charge in [0.15, 0.2) is 0 Å². The highest BCUT2D eigenvalue weighted by Crippen LogP contribution is 2.31. The third kappa shape index (κ3) is 3.41. The van der Waals surface area contributed by atoms with Gasteiger partial charge in [-0.15, -0.1) is 0 Å². The summed E-state index contributed by atoms with van der Waals surface area (Å²) >= 11 is 0. The summed E-state index contributed by atoms with van der Waals surface area (Å²) in [6.45, 7) is 4.49. The molecule has 0 radical (unpaired) electrons. The lowest BCUT2D eigenvalue weighted by Crippen LogP contribution is -2.12. The van der Waals surface area contributed by atoms with E-state index in [-0.39, 0.29) is 22.7 Å². The summed E-state index contributed by atoms with van der Waals surface area (Å²) in [5, 5.41) is 4.37. The SMILES string of the molecule is CCn1cc(-c2nc(-c3ccc(C(F)(F)F)cc3)no2)c(=O)c2cc(C)ccc21. The number of aromatic nitrogens is 3. The van der Waals surface area contributed by atoms with Crippen molar-refractivity contribution in [2.75, 3.05) is 0 Å². The van der Waals surface area contributed by atoms with Gasteiger partial charge < -0.3 is 9.09 Å². The van der Waals surface area contributed by atoms with E-state index in [1.54, 1.807) is 12.3 Å². The van der Waals surface area contributed by atoms with Crippen molar-refractivity contribution in [3.63, 3.8) is 0 Å². The quantitative estimate of drug-likeness (QED) is 0.483. The average molecular weight is 399 g/mol. The first-order chi connectivity index (χ1) is 13.8. The van der Waals surface area contributed by atoms with E-state index in [1.807, 2.05) is 30.5 Å². The molecule has 8 heteroatoms. The number of rotatable bonds is 3. The number of benzene rings is 2. The van der Waals surface area contributed by atoms with Gasteiger partial charge in [0.25, 0.3) is 5.89 Å². The predicted molar refractivity (Wildman–Crippen MR) is 102 cm³/mol. The molecule has 0 bridgehead atoms. The van der Waals surface area contributed by atoms with Crippen LogP contribution in [0.1, 0.15) is 18.1 Å². The number of halogens is 3. The smallest absolute Gasteiger partial charge is 0.347 e. The molecule has 5 nitrogen and oxygen atoms in total. The Hall–Kier alpha value is -3.42. The highest BCUT2D eigenvalue weighted by atomic mass is 19.4. The fourth-order valence-electron chi connectivity index (χ4n) is 3.18. The zero-order chi connectivity index (χ0) is 20.8. The zero-order valence-corrected chi connectivity index (χ0v) is 15.6. The van der Waals surface area contributed by atoms with Gasteiger partial charge in [0.05, 0.1) is 11.1 Å². The second-order valence-corrected chi connectivity index (χ2v) is 6.68. The highest BCUT2D eigenvalue weighted by molar-refractivity contribution is 5.83. The number of hydrogen-bond donors (Lipinski definition) is 0. The van der Waals surface area contributed by atoms with Crippen LogP contribution in [0.3, 0.4) is 0 Å².